The van der Waals surface area contributed by atoms with E-state index in [4.69, 9.17) is 9.72 Å². The summed E-state index contributed by atoms with van der Waals surface area (Å²) in [6, 6.07) is 9.26. The molecule has 2 aromatic carbocycles. The lowest BCUT2D eigenvalue weighted by atomic mass is 10.1. The molecule has 1 aliphatic heterocycles. The van der Waals surface area contributed by atoms with Crippen molar-refractivity contribution in [3.05, 3.63) is 65.9 Å². The molecule has 0 bridgehead atoms. The first-order valence-corrected chi connectivity index (χ1v) is 14.4. The van der Waals surface area contributed by atoms with Crippen LogP contribution in [0.25, 0.3) is 11.4 Å². The first-order chi connectivity index (χ1) is 19.5. The van der Waals surface area contributed by atoms with Crippen molar-refractivity contribution in [1.29, 1.82) is 0 Å². The zero-order valence-corrected chi connectivity index (χ0v) is 22.7. The third-order valence-electron chi connectivity index (χ3n) is 7.06. The lowest BCUT2D eigenvalue weighted by molar-refractivity contribution is 0.0985. The summed E-state index contributed by atoms with van der Waals surface area (Å²) in [6.45, 7) is 2.50. The van der Waals surface area contributed by atoms with Crippen LogP contribution in [-0.2, 0) is 19.3 Å². The van der Waals surface area contributed by atoms with E-state index in [0.717, 1.165) is 12.1 Å². The van der Waals surface area contributed by atoms with Crippen LogP contribution in [0.2, 0.25) is 0 Å². The van der Waals surface area contributed by atoms with E-state index >= 15 is 0 Å². The van der Waals surface area contributed by atoms with Crippen LogP contribution in [0, 0.1) is 11.6 Å². The highest BCUT2D eigenvalue weighted by atomic mass is 32.2. The van der Waals surface area contributed by atoms with Crippen molar-refractivity contribution in [2.24, 2.45) is 0 Å². The van der Waals surface area contributed by atoms with Crippen LogP contribution in [-0.4, -0.2) is 63.2 Å². The van der Waals surface area contributed by atoms with E-state index in [0.29, 0.717) is 42.9 Å². The molecule has 2 N–H and O–H groups in total. The fourth-order valence-corrected chi connectivity index (χ4v) is 6.76. The van der Waals surface area contributed by atoms with Gasteiger partial charge in [-0.25, -0.2) is 40.7 Å². The molecular weight excluding hydrogens is 566 g/mol. The number of urea groups is 1. The number of nitrogens with zero attached hydrogens (tertiary/aromatic N) is 3. The molecule has 218 valence electrons. The predicted molar refractivity (Wildman–Crippen MR) is 143 cm³/mol. The van der Waals surface area contributed by atoms with Gasteiger partial charge >= 0.3 is 6.03 Å². The molecule has 5 rings (SSSR count). The number of alkyl halides is 2. The third kappa shape index (κ3) is 5.84. The van der Waals surface area contributed by atoms with Gasteiger partial charge in [-0.2, -0.15) is 0 Å². The number of benzene rings is 2. The Hall–Kier alpha value is -3.78. The number of hydrogen-bond acceptors (Lipinski definition) is 7. The molecule has 1 saturated heterocycles. The van der Waals surface area contributed by atoms with Crippen molar-refractivity contribution in [3.63, 3.8) is 0 Å². The number of rotatable bonds is 8. The van der Waals surface area contributed by atoms with Gasteiger partial charge in [0.05, 0.1) is 31.5 Å². The lowest BCUT2D eigenvalue weighted by Crippen LogP contribution is -2.44. The fraction of sp³-hybridized carbons (Fsp3) is 0.370. The standard InChI is InChI=1S/C27H27F4N5O4S/c1-16-15-40-11-10-36(16)24-13-22(27(8-9-27)41(38,39)21-12-18(28)4-7-20(21)29)34-25(35-24)17-2-5-19(6-3-17)33-26(37)32-14-23(30)31/h2-7,12-13,16,23H,8-11,14-15H2,1H3,(H2,32,33,37)/t16-/m0/s1. The van der Waals surface area contributed by atoms with Crippen LogP contribution in [0.3, 0.4) is 0 Å². The monoisotopic (exact) mass is 593 g/mol. The summed E-state index contributed by atoms with van der Waals surface area (Å²) in [5.74, 6) is -1.28. The van der Waals surface area contributed by atoms with Gasteiger partial charge in [-0.05, 0) is 62.2 Å². The van der Waals surface area contributed by atoms with Crippen LogP contribution >= 0.6 is 0 Å². The van der Waals surface area contributed by atoms with E-state index in [1.165, 1.54) is 12.1 Å². The van der Waals surface area contributed by atoms with Gasteiger partial charge in [0, 0.05) is 23.9 Å². The number of hydrogen-bond donors (Lipinski definition) is 2. The second-order valence-electron chi connectivity index (χ2n) is 9.93. The summed E-state index contributed by atoms with van der Waals surface area (Å²) < 4.78 is 84.8. The maximum Gasteiger partial charge on any atom is 0.319 e. The first-order valence-electron chi connectivity index (χ1n) is 12.9. The highest BCUT2D eigenvalue weighted by Crippen LogP contribution is 2.55. The second kappa shape index (κ2) is 11.2. The topological polar surface area (TPSA) is 114 Å². The zero-order chi connectivity index (χ0) is 29.4. The number of aromatic nitrogens is 2. The Bertz CT molecular complexity index is 1550. The van der Waals surface area contributed by atoms with Crippen LogP contribution in [0.5, 0.6) is 0 Å². The average molecular weight is 594 g/mol. The maximum absolute atomic E-state index is 14.6. The van der Waals surface area contributed by atoms with E-state index in [1.54, 1.807) is 18.2 Å². The molecular formula is C27H27F4N5O4S. The number of amides is 2. The number of nitrogens with one attached hydrogen (secondary N) is 2. The lowest BCUT2D eigenvalue weighted by Gasteiger charge is -2.34. The van der Waals surface area contributed by atoms with Crippen LogP contribution in [0.1, 0.15) is 25.5 Å². The highest BCUT2D eigenvalue weighted by Gasteiger charge is 2.58. The SMILES string of the molecule is C[C@H]1COCCN1c1cc(C2(S(=O)(=O)c3cc(F)ccc3F)CC2)nc(-c2ccc(NC(=O)NCC(F)F)cc2)n1. The predicted octanol–water partition coefficient (Wildman–Crippen LogP) is 4.50. The Kier molecular flexibility index (Phi) is 7.88. The van der Waals surface area contributed by atoms with Crippen molar-refractivity contribution in [2.45, 2.75) is 41.9 Å². The molecule has 3 aromatic rings. The van der Waals surface area contributed by atoms with E-state index in [-0.39, 0.29) is 30.4 Å². The molecule has 0 unspecified atom stereocenters. The largest absolute Gasteiger partial charge is 0.377 e. The van der Waals surface area contributed by atoms with Gasteiger partial charge in [0.25, 0.3) is 6.43 Å². The van der Waals surface area contributed by atoms with Gasteiger partial charge in [0.1, 0.15) is 27.1 Å². The maximum atomic E-state index is 14.6. The number of halogens is 4. The Balaban J connectivity index is 1.53. The fourth-order valence-electron chi connectivity index (χ4n) is 4.73. The molecule has 2 heterocycles. The van der Waals surface area contributed by atoms with Gasteiger partial charge < -0.3 is 20.3 Å². The molecule has 9 nitrogen and oxygen atoms in total. The molecule has 1 aliphatic carbocycles. The Morgan fingerprint density at radius 3 is 2.51 bits per heavy atom. The average Bonchev–Trinajstić information content (AvgIpc) is 3.77. The quantitative estimate of drug-likeness (QED) is 0.370. The summed E-state index contributed by atoms with van der Waals surface area (Å²) >= 11 is 0. The summed E-state index contributed by atoms with van der Waals surface area (Å²) in [7, 11) is -4.38. The summed E-state index contributed by atoms with van der Waals surface area (Å²) in [5.41, 5.74) is 0.965. The molecule has 0 radical (unpaired) electrons. The van der Waals surface area contributed by atoms with E-state index in [2.05, 4.69) is 10.3 Å². The Labute approximate surface area is 233 Å². The molecule has 14 heteroatoms. The number of carbonyl (C=O) groups excluding carboxylic acids is 1. The van der Waals surface area contributed by atoms with Crippen molar-refractivity contribution < 1.29 is 35.5 Å². The Morgan fingerprint density at radius 1 is 1.12 bits per heavy atom. The van der Waals surface area contributed by atoms with Crippen LogP contribution < -0.4 is 15.5 Å². The first kappa shape index (κ1) is 28.7. The number of morpholine rings is 1. The van der Waals surface area contributed by atoms with Crippen LogP contribution in [0.4, 0.5) is 33.9 Å². The molecule has 2 amide bonds. The molecule has 1 aromatic heterocycles. The molecule has 1 atom stereocenters. The van der Waals surface area contributed by atoms with Gasteiger partial charge in [-0.3, -0.25) is 0 Å². The Morgan fingerprint density at radius 2 is 1.85 bits per heavy atom. The van der Waals surface area contributed by atoms with Crippen molar-refractivity contribution in [2.75, 3.05) is 36.5 Å². The van der Waals surface area contributed by atoms with Gasteiger partial charge in [-0.1, -0.05) is 0 Å². The van der Waals surface area contributed by atoms with Gasteiger partial charge in [0.2, 0.25) is 0 Å². The van der Waals surface area contributed by atoms with Crippen LogP contribution in [0.15, 0.2) is 53.4 Å². The second-order valence-corrected chi connectivity index (χ2v) is 12.2. The number of carbonyl (C=O) groups is 1. The van der Waals surface area contributed by atoms with Crippen molar-refractivity contribution in [3.8, 4) is 11.4 Å². The molecule has 41 heavy (non-hydrogen) atoms. The summed E-state index contributed by atoms with van der Waals surface area (Å²) in [4.78, 5) is 22.4. The van der Waals surface area contributed by atoms with Gasteiger partial charge in [0.15, 0.2) is 15.7 Å². The van der Waals surface area contributed by atoms with Crippen molar-refractivity contribution in [1.82, 2.24) is 15.3 Å². The number of sulfone groups is 1. The highest BCUT2D eigenvalue weighted by molar-refractivity contribution is 7.92. The zero-order valence-electron chi connectivity index (χ0n) is 21.9. The number of anilines is 2. The normalized spacial score (nSPS) is 18.3. The van der Waals surface area contributed by atoms with E-state index in [9.17, 15) is 30.8 Å². The summed E-state index contributed by atoms with van der Waals surface area (Å²) in [6.07, 6.45) is -2.36. The third-order valence-corrected chi connectivity index (χ3v) is 9.60. The summed E-state index contributed by atoms with van der Waals surface area (Å²) in [5, 5.41) is 4.49. The van der Waals surface area contributed by atoms with Gasteiger partial charge in [-0.15, -0.1) is 0 Å². The molecule has 2 aliphatic rings. The molecule has 1 saturated carbocycles. The van der Waals surface area contributed by atoms with E-state index < -0.39 is 50.1 Å². The minimum Gasteiger partial charge on any atom is -0.377 e. The smallest absolute Gasteiger partial charge is 0.319 e. The molecule has 0 spiro atoms. The number of ether oxygens (including phenoxy) is 1. The minimum atomic E-state index is -4.38. The van der Waals surface area contributed by atoms with Crippen molar-refractivity contribution >= 4 is 27.4 Å². The minimum absolute atomic E-state index is 0.0786. The molecule has 2 fully saturated rings. The van der Waals surface area contributed by atoms with E-state index in [1.807, 2.05) is 17.1 Å².